The molecule has 0 radical (unpaired) electrons. The molecule has 3 unspecified atom stereocenters. The van der Waals surface area contributed by atoms with E-state index in [1.54, 1.807) is 0 Å². The van der Waals surface area contributed by atoms with Crippen molar-refractivity contribution in [3.8, 4) is 6.07 Å². The van der Waals surface area contributed by atoms with Crippen LogP contribution >= 0.6 is 0 Å². The third-order valence-corrected chi connectivity index (χ3v) is 4.86. The summed E-state index contributed by atoms with van der Waals surface area (Å²) in [6, 6.07) is 11.1. The second-order valence-electron chi connectivity index (χ2n) is 7.49. The Morgan fingerprint density at radius 1 is 1.24 bits per heavy atom. The second-order valence-corrected chi connectivity index (χ2v) is 7.49. The summed E-state index contributed by atoms with van der Waals surface area (Å²) in [4.78, 5) is 0. The Morgan fingerprint density at radius 2 is 1.95 bits per heavy atom. The number of hydrogen-bond donors (Lipinski definition) is 1. The van der Waals surface area contributed by atoms with Gasteiger partial charge >= 0.3 is 0 Å². The predicted octanol–water partition coefficient (Wildman–Crippen LogP) is 4.81. The Labute approximate surface area is 129 Å². The lowest BCUT2D eigenvalue weighted by Gasteiger charge is -2.42. The molecule has 114 valence electrons. The minimum atomic E-state index is 0.297. The van der Waals surface area contributed by atoms with E-state index in [0.29, 0.717) is 17.5 Å². The molecule has 1 N–H and O–H groups in total. The molecule has 1 fully saturated rings. The highest BCUT2D eigenvalue weighted by Crippen LogP contribution is 2.38. The number of hydrogen-bond acceptors (Lipinski definition) is 2. The van der Waals surface area contributed by atoms with E-state index in [2.05, 4.69) is 45.1 Å². The van der Waals surface area contributed by atoms with Gasteiger partial charge in [-0.3, -0.25) is 0 Å². The first-order chi connectivity index (χ1) is 9.91. The monoisotopic (exact) mass is 284 g/mol. The van der Waals surface area contributed by atoms with Gasteiger partial charge in [-0.25, -0.2) is 0 Å². The van der Waals surface area contributed by atoms with Crippen molar-refractivity contribution in [3.63, 3.8) is 0 Å². The van der Waals surface area contributed by atoms with Crippen molar-refractivity contribution in [1.29, 1.82) is 5.26 Å². The molecule has 21 heavy (non-hydrogen) atoms. The van der Waals surface area contributed by atoms with Gasteiger partial charge in [0.25, 0.3) is 0 Å². The minimum Gasteiger partial charge on any atom is -0.307 e. The van der Waals surface area contributed by atoms with Crippen molar-refractivity contribution < 1.29 is 0 Å². The van der Waals surface area contributed by atoms with E-state index in [9.17, 15) is 0 Å². The van der Waals surface area contributed by atoms with Gasteiger partial charge in [0.15, 0.2) is 0 Å². The third-order valence-electron chi connectivity index (χ3n) is 4.86. The van der Waals surface area contributed by atoms with E-state index in [-0.39, 0.29) is 0 Å². The SMILES string of the molecule is CC(NC1CCCCC1C(C)(C)C)c1cccc(C#N)c1. The van der Waals surface area contributed by atoms with E-state index in [1.807, 2.05) is 18.2 Å². The summed E-state index contributed by atoms with van der Waals surface area (Å²) >= 11 is 0. The highest BCUT2D eigenvalue weighted by atomic mass is 15.0. The molecule has 1 aliphatic carbocycles. The summed E-state index contributed by atoms with van der Waals surface area (Å²) < 4.78 is 0. The fourth-order valence-corrected chi connectivity index (χ4v) is 3.66. The zero-order valence-corrected chi connectivity index (χ0v) is 13.8. The maximum atomic E-state index is 9.04. The lowest BCUT2D eigenvalue weighted by atomic mass is 9.69. The molecule has 2 rings (SSSR count). The van der Waals surface area contributed by atoms with Gasteiger partial charge in [-0.05, 0) is 48.8 Å². The number of nitrogens with zero attached hydrogens (tertiary/aromatic N) is 1. The summed E-state index contributed by atoms with van der Waals surface area (Å²) in [6.07, 6.45) is 5.28. The van der Waals surface area contributed by atoms with E-state index in [0.717, 1.165) is 11.5 Å². The highest BCUT2D eigenvalue weighted by Gasteiger charge is 2.34. The van der Waals surface area contributed by atoms with E-state index in [4.69, 9.17) is 5.26 Å². The fourth-order valence-electron chi connectivity index (χ4n) is 3.66. The Hall–Kier alpha value is -1.33. The van der Waals surface area contributed by atoms with Crippen molar-refractivity contribution in [2.75, 3.05) is 0 Å². The molecule has 1 aliphatic rings. The number of benzene rings is 1. The van der Waals surface area contributed by atoms with Crippen molar-refractivity contribution in [2.45, 2.75) is 65.5 Å². The molecule has 0 aliphatic heterocycles. The summed E-state index contributed by atoms with van der Waals surface area (Å²) in [7, 11) is 0. The van der Waals surface area contributed by atoms with Crippen LogP contribution in [0.4, 0.5) is 0 Å². The number of nitriles is 1. The largest absolute Gasteiger partial charge is 0.307 e. The van der Waals surface area contributed by atoms with Gasteiger partial charge < -0.3 is 5.32 Å². The first-order valence-electron chi connectivity index (χ1n) is 8.18. The van der Waals surface area contributed by atoms with Crippen molar-refractivity contribution in [1.82, 2.24) is 5.32 Å². The lowest BCUT2D eigenvalue weighted by molar-refractivity contribution is 0.124. The Morgan fingerprint density at radius 3 is 2.62 bits per heavy atom. The number of nitrogens with one attached hydrogen (secondary N) is 1. The molecule has 1 aromatic carbocycles. The second kappa shape index (κ2) is 6.62. The zero-order chi connectivity index (χ0) is 15.5. The zero-order valence-electron chi connectivity index (χ0n) is 13.8. The van der Waals surface area contributed by atoms with Gasteiger partial charge in [0, 0.05) is 12.1 Å². The average Bonchev–Trinajstić information content (AvgIpc) is 2.46. The third kappa shape index (κ3) is 4.08. The normalized spacial score (nSPS) is 24.3. The summed E-state index contributed by atoms with van der Waals surface area (Å²) in [6.45, 7) is 9.29. The van der Waals surface area contributed by atoms with E-state index in [1.165, 1.54) is 31.2 Å². The van der Waals surface area contributed by atoms with Crippen molar-refractivity contribution in [3.05, 3.63) is 35.4 Å². The van der Waals surface area contributed by atoms with Crippen LogP contribution in [0.1, 0.15) is 70.5 Å². The topological polar surface area (TPSA) is 35.8 Å². The first-order valence-corrected chi connectivity index (χ1v) is 8.18. The van der Waals surface area contributed by atoms with Gasteiger partial charge in [0.1, 0.15) is 0 Å². The van der Waals surface area contributed by atoms with Crippen LogP contribution in [0, 0.1) is 22.7 Å². The molecule has 0 amide bonds. The molecular weight excluding hydrogens is 256 g/mol. The maximum Gasteiger partial charge on any atom is 0.0991 e. The Balaban J connectivity index is 2.09. The molecule has 0 heterocycles. The van der Waals surface area contributed by atoms with Crippen LogP contribution in [-0.2, 0) is 0 Å². The maximum absolute atomic E-state index is 9.04. The molecule has 3 atom stereocenters. The van der Waals surface area contributed by atoms with Gasteiger partial charge in [-0.15, -0.1) is 0 Å². The van der Waals surface area contributed by atoms with Crippen LogP contribution in [0.2, 0.25) is 0 Å². The predicted molar refractivity (Wildman–Crippen MR) is 87.9 cm³/mol. The quantitative estimate of drug-likeness (QED) is 0.864. The van der Waals surface area contributed by atoms with Crippen LogP contribution in [-0.4, -0.2) is 6.04 Å². The molecular formula is C19H28N2. The Kier molecular flexibility index (Phi) is 5.06. The Bertz CT molecular complexity index is 507. The smallest absolute Gasteiger partial charge is 0.0991 e. The van der Waals surface area contributed by atoms with Gasteiger partial charge in [0.05, 0.1) is 11.6 Å². The van der Waals surface area contributed by atoms with Crippen LogP contribution in [0.15, 0.2) is 24.3 Å². The molecule has 2 nitrogen and oxygen atoms in total. The molecule has 1 aromatic rings. The minimum absolute atomic E-state index is 0.297. The van der Waals surface area contributed by atoms with Crippen molar-refractivity contribution >= 4 is 0 Å². The number of rotatable bonds is 3. The van der Waals surface area contributed by atoms with Crippen LogP contribution in [0.3, 0.4) is 0 Å². The first kappa shape index (κ1) is 16.0. The molecule has 0 spiro atoms. The molecule has 2 heteroatoms. The van der Waals surface area contributed by atoms with Crippen LogP contribution in [0.5, 0.6) is 0 Å². The summed E-state index contributed by atoms with van der Waals surface area (Å²) in [5.41, 5.74) is 2.32. The fraction of sp³-hybridized carbons (Fsp3) is 0.632. The van der Waals surface area contributed by atoms with E-state index < -0.39 is 0 Å². The van der Waals surface area contributed by atoms with Gasteiger partial charge in [0.2, 0.25) is 0 Å². The van der Waals surface area contributed by atoms with Gasteiger partial charge in [-0.2, -0.15) is 5.26 Å². The standard InChI is InChI=1S/C19H28N2/c1-14(16-9-7-8-15(12-16)13-20)21-18-11-6-5-10-17(18)19(2,3)4/h7-9,12,14,17-18,21H,5-6,10-11H2,1-4H3. The average molecular weight is 284 g/mol. The van der Waals surface area contributed by atoms with E-state index >= 15 is 0 Å². The lowest BCUT2D eigenvalue weighted by Crippen LogP contribution is -2.45. The molecule has 0 aromatic heterocycles. The molecule has 0 saturated heterocycles. The van der Waals surface area contributed by atoms with Gasteiger partial charge in [-0.1, -0.05) is 45.7 Å². The van der Waals surface area contributed by atoms with Crippen LogP contribution < -0.4 is 5.32 Å². The molecule has 1 saturated carbocycles. The van der Waals surface area contributed by atoms with Crippen molar-refractivity contribution in [2.24, 2.45) is 11.3 Å². The van der Waals surface area contributed by atoms with Crippen LogP contribution in [0.25, 0.3) is 0 Å². The summed E-state index contributed by atoms with van der Waals surface area (Å²) in [5, 5.41) is 12.9. The molecule has 0 bridgehead atoms. The summed E-state index contributed by atoms with van der Waals surface area (Å²) in [5.74, 6) is 0.729. The highest BCUT2D eigenvalue weighted by molar-refractivity contribution is 5.34.